The molecule has 0 saturated heterocycles. The highest BCUT2D eigenvalue weighted by atomic mass is 16.5. The average molecular weight is 483 g/mol. The highest BCUT2D eigenvalue weighted by Crippen LogP contribution is 2.74. The third kappa shape index (κ3) is 3.21. The van der Waals surface area contributed by atoms with Gasteiger partial charge in [0.25, 0.3) is 0 Å². The standard InChI is InChI=1S/C32H50O3/c1-19-10-14-32(9)25(34)18-24-30(7)15-11-22-28(4,5)26(35-21(3)33)13-17-29(22,6)23(30)12-16-31(24,8)27(32)20(19)2/h18-20,22-23,26-27H,10-17H2,1-9H3/t19-,20?,22+,23-,26+,27?,29+,30-,31+,32-/m1/s1. The number of ether oxygens (including phenoxy) is 1. The van der Waals surface area contributed by atoms with Crippen molar-refractivity contribution in [2.45, 2.75) is 120 Å². The van der Waals surface area contributed by atoms with Gasteiger partial charge in [-0.1, -0.05) is 61.0 Å². The van der Waals surface area contributed by atoms with Crippen LogP contribution in [0.4, 0.5) is 0 Å². The van der Waals surface area contributed by atoms with Gasteiger partial charge < -0.3 is 4.74 Å². The molecule has 0 N–H and O–H groups in total. The first kappa shape index (κ1) is 25.5. The summed E-state index contributed by atoms with van der Waals surface area (Å²) in [6.07, 6.45) is 11.3. The molecule has 0 heterocycles. The molecule has 3 heteroatoms. The number of carbonyl (C=O) groups is 2. The zero-order chi connectivity index (χ0) is 25.8. The Bertz CT molecular complexity index is 962. The first-order chi connectivity index (χ1) is 16.1. The number of allylic oxidation sites excluding steroid dienone is 2. The zero-order valence-corrected chi connectivity index (χ0v) is 23.9. The predicted molar refractivity (Wildman–Crippen MR) is 141 cm³/mol. The molecule has 0 aromatic rings. The third-order valence-corrected chi connectivity index (χ3v) is 13.2. The van der Waals surface area contributed by atoms with Gasteiger partial charge in [0.05, 0.1) is 0 Å². The van der Waals surface area contributed by atoms with Gasteiger partial charge in [-0.2, -0.15) is 0 Å². The molecular formula is C32H50O3. The summed E-state index contributed by atoms with van der Waals surface area (Å²) in [5, 5.41) is 0. The van der Waals surface area contributed by atoms with Crippen LogP contribution in [0.1, 0.15) is 114 Å². The lowest BCUT2D eigenvalue weighted by atomic mass is 9.34. The number of fused-ring (bicyclic) bond motifs is 7. The van der Waals surface area contributed by atoms with Gasteiger partial charge in [0, 0.05) is 17.8 Å². The Kier molecular flexibility index (Phi) is 5.62. The van der Waals surface area contributed by atoms with E-state index in [1.807, 2.05) is 0 Å². The molecule has 0 aliphatic heterocycles. The topological polar surface area (TPSA) is 43.4 Å². The van der Waals surface area contributed by atoms with Crippen molar-refractivity contribution < 1.29 is 14.3 Å². The Morgan fingerprint density at radius 2 is 1.43 bits per heavy atom. The van der Waals surface area contributed by atoms with E-state index in [2.05, 4.69) is 61.5 Å². The monoisotopic (exact) mass is 482 g/mol. The van der Waals surface area contributed by atoms with Gasteiger partial charge in [-0.05, 0) is 103 Å². The van der Waals surface area contributed by atoms with Crippen LogP contribution in [0.2, 0.25) is 0 Å². The van der Waals surface area contributed by atoms with Crippen LogP contribution in [0.3, 0.4) is 0 Å². The van der Waals surface area contributed by atoms with E-state index in [4.69, 9.17) is 4.74 Å². The lowest BCUT2D eigenvalue weighted by Crippen LogP contribution is -2.64. The molecule has 0 bridgehead atoms. The van der Waals surface area contributed by atoms with Gasteiger partial charge in [-0.15, -0.1) is 0 Å². The lowest BCUT2D eigenvalue weighted by molar-refractivity contribution is -0.199. The largest absolute Gasteiger partial charge is 0.462 e. The van der Waals surface area contributed by atoms with Crippen LogP contribution in [0.15, 0.2) is 11.6 Å². The first-order valence-electron chi connectivity index (χ1n) is 14.6. The van der Waals surface area contributed by atoms with Gasteiger partial charge in [0.2, 0.25) is 0 Å². The molecule has 0 radical (unpaired) electrons. The Hall–Kier alpha value is -1.12. The molecule has 35 heavy (non-hydrogen) atoms. The minimum Gasteiger partial charge on any atom is -0.462 e. The lowest BCUT2D eigenvalue weighted by Gasteiger charge is -2.70. The van der Waals surface area contributed by atoms with Crippen molar-refractivity contribution >= 4 is 11.8 Å². The van der Waals surface area contributed by atoms with E-state index in [9.17, 15) is 9.59 Å². The normalized spacial score (nSPS) is 52.8. The van der Waals surface area contributed by atoms with Gasteiger partial charge in [0.15, 0.2) is 5.78 Å². The molecule has 196 valence electrons. The molecule has 0 spiro atoms. The zero-order valence-electron chi connectivity index (χ0n) is 23.9. The summed E-state index contributed by atoms with van der Waals surface area (Å²) in [4.78, 5) is 25.8. The van der Waals surface area contributed by atoms with Crippen LogP contribution in [-0.2, 0) is 14.3 Å². The molecule has 5 rings (SSSR count). The minimum atomic E-state index is -0.196. The summed E-state index contributed by atoms with van der Waals surface area (Å²) in [6.45, 7) is 21.0. The van der Waals surface area contributed by atoms with E-state index in [0.29, 0.717) is 35.4 Å². The molecule has 4 fully saturated rings. The summed E-state index contributed by atoms with van der Waals surface area (Å²) in [7, 11) is 0. The summed E-state index contributed by atoms with van der Waals surface area (Å²) in [5.41, 5.74) is 1.71. The van der Waals surface area contributed by atoms with Gasteiger partial charge >= 0.3 is 5.97 Å². The highest BCUT2D eigenvalue weighted by molar-refractivity contribution is 5.97. The Labute approximate surface area is 214 Å². The molecule has 3 nitrogen and oxygen atoms in total. The maximum absolute atomic E-state index is 13.9. The number of hydrogen-bond donors (Lipinski definition) is 0. The number of esters is 1. The molecule has 0 amide bonds. The van der Waals surface area contributed by atoms with Crippen molar-refractivity contribution in [2.75, 3.05) is 0 Å². The minimum absolute atomic E-state index is 0.0112. The fourth-order valence-corrected chi connectivity index (χ4v) is 11.5. The number of rotatable bonds is 1. The average Bonchev–Trinajstić information content (AvgIpc) is 2.74. The summed E-state index contributed by atoms with van der Waals surface area (Å²) in [5.74, 6) is 3.11. The van der Waals surface area contributed by atoms with Gasteiger partial charge in [-0.3, -0.25) is 9.59 Å². The second-order valence-electron chi connectivity index (χ2n) is 15.2. The van der Waals surface area contributed by atoms with Crippen LogP contribution >= 0.6 is 0 Å². The van der Waals surface area contributed by atoms with Crippen LogP contribution in [0.25, 0.3) is 0 Å². The maximum atomic E-state index is 13.9. The number of hydrogen-bond acceptors (Lipinski definition) is 3. The SMILES string of the molecule is CC(=O)O[C@H]1CC[C@]2(C)[C@H]3CC[C@@]4(C)C(=CC(=O)[C@@]5(C)CC[C@@H](C)C(C)C45)[C@]3(C)CC[C@H]2C1(C)C. The summed E-state index contributed by atoms with van der Waals surface area (Å²) >= 11 is 0. The van der Waals surface area contributed by atoms with E-state index in [1.165, 1.54) is 24.8 Å². The second kappa shape index (κ2) is 7.70. The van der Waals surface area contributed by atoms with Crippen LogP contribution < -0.4 is 0 Å². The number of ketones is 1. The van der Waals surface area contributed by atoms with E-state index < -0.39 is 0 Å². The van der Waals surface area contributed by atoms with E-state index >= 15 is 0 Å². The quantitative estimate of drug-likeness (QED) is 0.358. The summed E-state index contributed by atoms with van der Waals surface area (Å²) in [6, 6.07) is 0. The van der Waals surface area contributed by atoms with Crippen molar-refractivity contribution in [3.05, 3.63) is 11.6 Å². The van der Waals surface area contributed by atoms with E-state index in [-0.39, 0.29) is 39.1 Å². The van der Waals surface area contributed by atoms with Crippen LogP contribution in [0.5, 0.6) is 0 Å². The fraction of sp³-hybridized carbons (Fsp3) is 0.875. The van der Waals surface area contributed by atoms with Crippen LogP contribution in [0, 0.1) is 56.7 Å². The van der Waals surface area contributed by atoms with Crippen molar-refractivity contribution in [3.63, 3.8) is 0 Å². The Morgan fingerprint density at radius 1 is 0.829 bits per heavy atom. The highest BCUT2D eigenvalue weighted by Gasteiger charge is 2.68. The summed E-state index contributed by atoms with van der Waals surface area (Å²) < 4.78 is 5.87. The van der Waals surface area contributed by atoms with Crippen molar-refractivity contribution in [1.82, 2.24) is 0 Å². The Balaban J connectivity index is 1.56. The third-order valence-electron chi connectivity index (χ3n) is 13.2. The van der Waals surface area contributed by atoms with Crippen LogP contribution in [-0.4, -0.2) is 17.9 Å². The number of carbonyl (C=O) groups excluding carboxylic acids is 2. The molecule has 4 saturated carbocycles. The smallest absolute Gasteiger partial charge is 0.302 e. The van der Waals surface area contributed by atoms with Crippen molar-refractivity contribution in [3.8, 4) is 0 Å². The molecule has 5 aliphatic rings. The molecule has 2 unspecified atom stereocenters. The van der Waals surface area contributed by atoms with E-state index in [0.717, 1.165) is 32.1 Å². The second-order valence-corrected chi connectivity index (χ2v) is 15.2. The predicted octanol–water partition coefficient (Wildman–Crippen LogP) is 7.77. The Morgan fingerprint density at radius 3 is 2.09 bits per heavy atom. The fourth-order valence-electron chi connectivity index (χ4n) is 11.5. The molecule has 0 aromatic carbocycles. The molecule has 0 aromatic heterocycles. The van der Waals surface area contributed by atoms with E-state index in [1.54, 1.807) is 6.92 Å². The molecular weight excluding hydrogens is 432 g/mol. The first-order valence-corrected chi connectivity index (χ1v) is 14.6. The van der Waals surface area contributed by atoms with Gasteiger partial charge in [-0.25, -0.2) is 0 Å². The van der Waals surface area contributed by atoms with Crippen molar-refractivity contribution in [2.24, 2.45) is 56.7 Å². The molecule has 5 aliphatic carbocycles. The molecule has 10 atom stereocenters. The van der Waals surface area contributed by atoms with Crippen molar-refractivity contribution in [1.29, 1.82) is 0 Å². The van der Waals surface area contributed by atoms with Gasteiger partial charge in [0.1, 0.15) is 6.10 Å². The maximum Gasteiger partial charge on any atom is 0.302 e.